The largest absolute Gasteiger partial charge is 0.497 e. The van der Waals surface area contributed by atoms with Crippen LogP contribution < -0.4 is 9.47 Å². The van der Waals surface area contributed by atoms with Crippen molar-refractivity contribution in [2.75, 3.05) is 46.6 Å². The Balaban J connectivity index is 0.000000612. The van der Waals surface area contributed by atoms with Crippen molar-refractivity contribution in [2.45, 2.75) is 32.6 Å². The van der Waals surface area contributed by atoms with Crippen LogP contribution in [0.4, 0.5) is 0 Å². The maximum Gasteiger partial charge on any atom is 0.414 e. The molecule has 8 nitrogen and oxygen atoms in total. The molecule has 0 bridgehead atoms. The lowest BCUT2D eigenvalue weighted by Gasteiger charge is -2.30. The number of benzene rings is 1. The Morgan fingerprint density at radius 2 is 1.79 bits per heavy atom. The first-order chi connectivity index (χ1) is 13.9. The predicted molar refractivity (Wildman–Crippen MR) is 109 cm³/mol. The summed E-state index contributed by atoms with van der Waals surface area (Å²) in [4.78, 5) is 20.8. The van der Waals surface area contributed by atoms with Gasteiger partial charge >= 0.3 is 11.9 Å². The molecule has 2 rings (SSSR count). The maximum absolute atomic E-state index is 9.10. The number of carboxylic acids is 2. The monoisotopic (exact) mass is 411 g/mol. The zero-order valence-electron chi connectivity index (χ0n) is 17.3. The molecule has 2 N–H and O–H groups in total. The van der Waals surface area contributed by atoms with E-state index in [0.29, 0.717) is 6.61 Å². The van der Waals surface area contributed by atoms with Crippen molar-refractivity contribution in [3.8, 4) is 11.5 Å². The van der Waals surface area contributed by atoms with E-state index in [1.165, 1.54) is 32.5 Å². The van der Waals surface area contributed by atoms with Gasteiger partial charge < -0.3 is 29.3 Å². The second-order valence-electron chi connectivity index (χ2n) is 7.01. The average Bonchev–Trinajstić information content (AvgIpc) is 2.70. The minimum absolute atomic E-state index is 0.677. The van der Waals surface area contributed by atoms with Crippen molar-refractivity contribution in [3.05, 3.63) is 24.3 Å². The molecular weight excluding hydrogens is 378 g/mol. The standard InChI is InChI=1S/C19H31NO3.C2H2O4/c1-17-7-4-10-20(16-17)11-5-12-22-13-6-14-23-19-9-3-8-18(15-19)21-2;3-1(4)2(5)6/h3,8-9,15,17H,4-7,10-14,16H2,1-2H3;(H,3,4)(H,5,6). The fourth-order valence-corrected chi connectivity index (χ4v) is 3.02. The highest BCUT2D eigenvalue weighted by molar-refractivity contribution is 6.27. The summed E-state index contributed by atoms with van der Waals surface area (Å²) in [6.45, 7) is 8.34. The zero-order chi connectivity index (χ0) is 21.5. The molecule has 8 heteroatoms. The van der Waals surface area contributed by atoms with Gasteiger partial charge in [0.15, 0.2) is 0 Å². The van der Waals surface area contributed by atoms with E-state index in [4.69, 9.17) is 34.0 Å². The molecule has 1 fully saturated rings. The van der Waals surface area contributed by atoms with E-state index >= 15 is 0 Å². The molecule has 1 aromatic carbocycles. The zero-order valence-corrected chi connectivity index (χ0v) is 17.3. The van der Waals surface area contributed by atoms with Crippen LogP contribution in [-0.4, -0.2) is 73.6 Å². The van der Waals surface area contributed by atoms with Gasteiger partial charge in [0, 0.05) is 38.8 Å². The summed E-state index contributed by atoms with van der Waals surface area (Å²) in [5, 5.41) is 14.8. The number of hydrogen-bond donors (Lipinski definition) is 2. The highest BCUT2D eigenvalue weighted by Crippen LogP contribution is 2.19. The molecule has 1 aliphatic rings. The van der Waals surface area contributed by atoms with Gasteiger partial charge in [0.05, 0.1) is 13.7 Å². The molecule has 0 spiro atoms. The minimum atomic E-state index is -1.82. The van der Waals surface area contributed by atoms with Gasteiger partial charge in [0.1, 0.15) is 11.5 Å². The average molecular weight is 411 g/mol. The summed E-state index contributed by atoms with van der Waals surface area (Å²) in [6, 6.07) is 7.70. The number of rotatable bonds is 10. The van der Waals surface area contributed by atoms with Crippen molar-refractivity contribution >= 4 is 11.9 Å². The molecule has 164 valence electrons. The number of carboxylic acid groups (broad SMARTS) is 2. The van der Waals surface area contributed by atoms with Gasteiger partial charge in [-0.25, -0.2) is 9.59 Å². The van der Waals surface area contributed by atoms with Crippen LogP contribution >= 0.6 is 0 Å². The van der Waals surface area contributed by atoms with E-state index in [2.05, 4.69) is 11.8 Å². The molecule has 1 heterocycles. The molecule has 0 amide bonds. The van der Waals surface area contributed by atoms with Gasteiger partial charge in [-0.2, -0.15) is 0 Å². The van der Waals surface area contributed by atoms with Gasteiger partial charge in [-0.3, -0.25) is 0 Å². The van der Waals surface area contributed by atoms with E-state index in [1.807, 2.05) is 24.3 Å². The molecule has 1 unspecified atom stereocenters. The lowest BCUT2D eigenvalue weighted by atomic mass is 10.0. The van der Waals surface area contributed by atoms with Crippen LogP contribution in [0.3, 0.4) is 0 Å². The fourth-order valence-electron chi connectivity index (χ4n) is 3.02. The van der Waals surface area contributed by atoms with E-state index < -0.39 is 11.9 Å². The van der Waals surface area contributed by atoms with Crippen LogP contribution in [0.25, 0.3) is 0 Å². The van der Waals surface area contributed by atoms with Gasteiger partial charge in [-0.05, 0) is 43.9 Å². The quantitative estimate of drug-likeness (QED) is 0.447. The molecule has 0 aromatic heterocycles. The number of likely N-dealkylation sites (tertiary alicyclic amines) is 1. The Morgan fingerprint density at radius 3 is 2.45 bits per heavy atom. The molecule has 1 atom stereocenters. The number of carbonyl (C=O) groups is 2. The lowest BCUT2D eigenvalue weighted by molar-refractivity contribution is -0.159. The van der Waals surface area contributed by atoms with Crippen LogP contribution in [0.15, 0.2) is 24.3 Å². The maximum atomic E-state index is 9.10. The summed E-state index contributed by atoms with van der Waals surface area (Å²) in [6.07, 6.45) is 4.78. The van der Waals surface area contributed by atoms with Crippen molar-refractivity contribution in [2.24, 2.45) is 5.92 Å². The molecular formula is C21H33NO7. The van der Waals surface area contributed by atoms with Crippen molar-refractivity contribution in [1.29, 1.82) is 0 Å². The summed E-state index contributed by atoms with van der Waals surface area (Å²) >= 11 is 0. The smallest absolute Gasteiger partial charge is 0.414 e. The first kappa shape index (κ1) is 24.7. The molecule has 1 aromatic rings. The van der Waals surface area contributed by atoms with Crippen LogP contribution in [0.2, 0.25) is 0 Å². The lowest BCUT2D eigenvalue weighted by Crippen LogP contribution is -2.35. The normalized spacial score (nSPS) is 16.4. The number of nitrogens with zero attached hydrogens (tertiary/aromatic N) is 1. The van der Waals surface area contributed by atoms with Crippen molar-refractivity contribution in [1.82, 2.24) is 4.90 Å². The molecule has 0 aliphatic carbocycles. The Labute approximate surface area is 172 Å². The van der Waals surface area contributed by atoms with E-state index in [-0.39, 0.29) is 0 Å². The second-order valence-corrected chi connectivity index (χ2v) is 7.01. The van der Waals surface area contributed by atoms with Crippen molar-refractivity contribution in [3.63, 3.8) is 0 Å². The molecule has 0 saturated carbocycles. The highest BCUT2D eigenvalue weighted by Gasteiger charge is 2.15. The molecule has 0 radical (unpaired) electrons. The number of aliphatic carboxylic acids is 2. The Bertz CT molecular complexity index is 596. The molecule has 1 saturated heterocycles. The SMILES string of the molecule is COc1cccc(OCCCOCCCN2CCCC(C)C2)c1.O=C(O)C(=O)O. The first-order valence-electron chi connectivity index (χ1n) is 9.95. The number of hydrogen-bond acceptors (Lipinski definition) is 6. The van der Waals surface area contributed by atoms with Gasteiger partial charge in [-0.15, -0.1) is 0 Å². The third-order valence-corrected chi connectivity index (χ3v) is 4.43. The fraction of sp³-hybridized carbons (Fsp3) is 0.619. The van der Waals surface area contributed by atoms with Crippen LogP contribution in [0.1, 0.15) is 32.6 Å². The predicted octanol–water partition coefficient (Wildman–Crippen LogP) is 2.76. The Morgan fingerprint density at radius 1 is 1.10 bits per heavy atom. The summed E-state index contributed by atoms with van der Waals surface area (Å²) in [5.41, 5.74) is 0. The number of methoxy groups -OCH3 is 1. The van der Waals surface area contributed by atoms with Crippen LogP contribution in [0, 0.1) is 5.92 Å². The van der Waals surface area contributed by atoms with Gasteiger partial charge in [0.25, 0.3) is 0 Å². The second kappa shape index (κ2) is 14.6. The highest BCUT2D eigenvalue weighted by atomic mass is 16.5. The van der Waals surface area contributed by atoms with Crippen molar-refractivity contribution < 1.29 is 34.0 Å². The number of piperidine rings is 1. The summed E-state index contributed by atoms with van der Waals surface area (Å²) in [5.74, 6) is -1.11. The van der Waals surface area contributed by atoms with E-state index in [0.717, 1.165) is 43.5 Å². The first-order valence-corrected chi connectivity index (χ1v) is 9.95. The topological polar surface area (TPSA) is 106 Å². The summed E-state index contributed by atoms with van der Waals surface area (Å²) in [7, 11) is 1.66. The van der Waals surface area contributed by atoms with Crippen LogP contribution in [-0.2, 0) is 14.3 Å². The molecule has 1 aliphatic heterocycles. The van der Waals surface area contributed by atoms with E-state index in [1.54, 1.807) is 7.11 Å². The summed E-state index contributed by atoms with van der Waals surface area (Å²) < 4.78 is 16.6. The number of ether oxygens (including phenoxy) is 3. The minimum Gasteiger partial charge on any atom is -0.497 e. The van der Waals surface area contributed by atoms with Gasteiger partial charge in [0.2, 0.25) is 0 Å². The third-order valence-electron chi connectivity index (χ3n) is 4.43. The Hall–Kier alpha value is -2.32. The Kier molecular flexibility index (Phi) is 12.5. The van der Waals surface area contributed by atoms with E-state index in [9.17, 15) is 0 Å². The third kappa shape index (κ3) is 12.0. The van der Waals surface area contributed by atoms with Crippen LogP contribution in [0.5, 0.6) is 11.5 Å². The molecule has 29 heavy (non-hydrogen) atoms. The van der Waals surface area contributed by atoms with Gasteiger partial charge in [-0.1, -0.05) is 13.0 Å².